The number of benzene rings is 2. The van der Waals surface area contributed by atoms with Crippen LogP contribution in [0.5, 0.6) is 11.6 Å². The summed E-state index contributed by atoms with van der Waals surface area (Å²) in [5.41, 5.74) is 1.97. The Hall–Kier alpha value is -4.63. The number of ether oxygens (including phenoxy) is 1. The fraction of sp³-hybridized carbons (Fsp3) is 0.0400. The van der Waals surface area contributed by atoms with Crippen LogP contribution < -0.4 is 21.2 Å². The molecule has 10 heteroatoms. The van der Waals surface area contributed by atoms with Crippen molar-refractivity contribution < 1.29 is 9.26 Å². The lowest BCUT2D eigenvalue weighted by atomic mass is 10.1. The summed E-state index contributed by atoms with van der Waals surface area (Å²) in [6.45, 7) is 0.260. The maximum Gasteiger partial charge on any atom is 0.263 e. The number of halogens is 1. The van der Waals surface area contributed by atoms with Crippen molar-refractivity contribution in [2.45, 2.75) is 6.54 Å². The molecule has 0 aliphatic rings. The van der Waals surface area contributed by atoms with Crippen LogP contribution in [0.3, 0.4) is 0 Å². The predicted molar refractivity (Wildman–Crippen MR) is 131 cm³/mol. The summed E-state index contributed by atoms with van der Waals surface area (Å²) >= 11 is 6.02. The maximum absolute atomic E-state index is 13.5. The SMILES string of the molecule is O=c1ccc(-c2cnc(Nc3ccc(Oc4ccon4)cc3)n(Cc3ccc(Cl)cc3)c2=O)c[nH]1. The number of nitrogens with zero attached hydrogens (tertiary/aromatic N) is 3. The molecule has 0 aliphatic heterocycles. The molecule has 0 fully saturated rings. The second kappa shape index (κ2) is 9.70. The van der Waals surface area contributed by atoms with Gasteiger partial charge in [0.25, 0.3) is 11.4 Å². The average molecular weight is 488 g/mol. The van der Waals surface area contributed by atoms with Crippen LogP contribution in [0.1, 0.15) is 5.56 Å². The van der Waals surface area contributed by atoms with Crippen molar-refractivity contribution in [3.63, 3.8) is 0 Å². The summed E-state index contributed by atoms with van der Waals surface area (Å²) in [6, 6.07) is 18.9. The molecule has 0 amide bonds. The Bertz CT molecular complexity index is 1540. The molecule has 5 rings (SSSR count). The third-order valence-corrected chi connectivity index (χ3v) is 5.40. The van der Waals surface area contributed by atoms with Crippen molar-refractivity contribution in [3.8, 4) is 22.8 Å². The highest BCUT2D eigenvalue weighted by Crippen LogP contribution is 2.24. The van der Waals surface area contributed by atoms with Crippen molar-refractivity contribution in [3.05, 3.63) is 117 Å². The molecule has 2 aromatic carbocycles. The van der Waals surface area contributed by atoms with Gasteiger partial charge in [-0.25, -0.2) is 4.98 Å². The monoisotopic (exact) mass is 487 g/mol. The predicted octanol–water partition coefficient (Wildman–Crippen LogP) is 4.82. The summed E-state index contributed by atoms with van der Waals surface area (Å²) in [6.07, 6.45) is 4.40. The van der Waals surface area contributed by atoms with Crippen molar-refractivity contribution >= 4 is 23.2 Å². The van der Waals surface area contributed by atoms with Crippen LogP contribution in [0.2, 0.25) is 5.02 Å². The Morgan fingerprint density at radius 2 is 1.80 bits per heavy atom. The lowest BCUT2D eigenvalue weighted by molar-refractivity contribution is 0.367. The minimum Gasteiger partial charge on any atom is -0.436 e. The second-order valence-corrected chi connectivity index (χ2v) is 7.98. The quantitative estimate of drug-likeness (QED) is 0.338. The number of nitrogens with one attached hydrogen (secondary N) is 2. The van der Waals surface area contributed by atoms with Gasteiger partial charge in [-0.3, -0.25) is 14.2 Å². The Balaban J connectivity index is 1.48. The zero-order valence-corrected chi connectivity index (χ0v) is 18.9. The van der Waals surface area contributed by atoms with E-state index in [4.69, 9.17) is 20.9 Å². The summed E-state index contributed by atoms with van der Waals surface area (Å²) in [5, 5.41) is 7.52. The van der Waals surface area contributed by atoms with Gasteiger partial charge >= 0.3 is 0 Å². The molecule has 0 atom stereocenters. The number of H-pyrrole nitrogens is 1. The van der Waals surface area contributed by atoms with E-state index in [1.165, 1.54) is 29.3 Å². The van der Waals surface area contributed by atoms with E-state index in [-0.39, 0.29) is 17.7 Å². The molecule has 0 radical (unpaired) electrons. The molecule has 0 saturated heterocycles. The first-order chi connectivity index (χ1) is 17.0. The molecule has 35 heavy (non-hydrogen) atoms. The Labute approximate surface area is 203 Å². The molecule has 0 bridgehead atoms. The van der Waals surface area contributed by atoms with Gasteiger partial charge in [-0.2, -0.15) is 0 Å². The van der Waals surface area contributed by atoms with Crippen LogP contribution in [0, 0.1) is 0 Å². The van der Waals surface area contributed by atoms with E-state index in [2.05, 4.69) is 20.4 Å². The molecular formula is C25H18ClN5O4. The van der Waals surface area contributed by atoms with E-state index < -0.39 is 0 Å². The Morgan fingerprint density at radius 3 is 2.49 bits per heavy atom. The molecule has 3 heterocycles. The lowest BCUT2D eigenvalue weighted by Crippen LogP contribution is -2.26. The van der Waals surface area contributed by atoms with Crippen molar-refractivity contribution in [2.24, 2.45) is 0 Å². The van der Waals surface area contributed by atoms with Gasteiger partial charge in [-0.05, 0) is 53.2 Å². The van der Waals surface area contributed by atoms with Crippen LogP contribution in [-0.2, 0) is 6.54 Å². The molecule has 0 aliphatic carbocycles. The molecule has 9 nitrogen and oxygen atoms in total. The molecule has 0 unspecified atom stereocenters. The molecule has 3 aromatic heterocycles. The molecular weight excluding hydrogens is 470 g/mol. The zero-order valence-electron chi connectivity index (χ0n) is 18.1. The smallest absolute Gasteiger partial charge is 0.263 e. The zero-order chi connectivity index (χ0) is 24.2. The van der Waals surface area contributed by atoms with Gasteiger partial charge < -0.3 is 19.6 Å². The third-order valence-electron chi connectivity index (χ3n) is 5.14. The highest BCUT2D eigenvalue weighted by atomic mass is 35.5. The first kappa shape index (κ1) is 22.2. The van der Waals surface area contributed by atoms with E-state index in [0.717, 1.165) is 5.56 Å². The summed E-state index contributed by atoms with van der Waals surface area (Å²) in [4.78, 5) is 32.1. The minimum absolute atomic E-state index is 0.252. The van der Waals surface area contributed by atoms with Crippen molar-refractivity contribution in [1.29, 1.82) is 0 Å². The molecule has 0 saturated carbocycles. The third kappa shape index (κ3) is 5.15. The normalized spacial score (nSPS) is 10.8. The van der Waals surface area contributed by atoms with Crippen LogP contribution in [0.25, 0.3) is 11.1 Å². The van der Waals surface area contributed by atoms with Gasteiger partial charge in [0.2, 0.25) is 11.5 Å². The van der Waals surface area contributed by atoms with E-state index in [1.807, 2.05) is 12.1 Å². The van der Waals surface area contributed by atoms with Crippen molar-refractivity contribution in [1.82, 2.24) is 19.7 Å². The number of pyridine rings is 1. The highest BCUT2D eigenvalue weighted by molar-refractivity contribution is 6.30. The molecule has 5 aromatic rings. The summed E-state index contributed by atoms with van der Waals surface area (Å²) in [7, 11) is 0. The van der Waals surface area contributed by atoms with Crippen molar-refractivity contribution in [2.75, 3.05) is 5.32 Å². The van der Waals surface area contributed by atoms with Crippen LogP contribution in [0.4, 0.5) is 11.6 Å². The highest BCUT2D eigenvalue weighted by Gasteiger charge is 2.14. The van der Waals surface area contributed by atoms with Gasteiger partial charge in [0.05, 0.1) is 12.1 Å². The topological polar surface area (TPSA) is 115 Å². The van der Waals surface area contributed by atoms with Gasteiger partial charge in [0, 0.05) is 40.8 Å². The van der Waals surface area contributed by atoms with Gasteiger partial charge in [-0.1, -0.05) is 23.7 Å². The van der Waals surface area contributed by atoms with E-state index in [0.29, 0.717) is 39.4 Å². The number of aromatic nitrogens is 4. The van der Waals surface area contributed by atoms with E-state index in [9.17, 15) is 9.59 Å². The maximum atomic E-state index is 13.5. The van der Waals surface area contributed by atoms with Crippen LogP contribution in [-0.4, -0.2) is 19.7 Å². The van der Waals surface area contributed by atoms with Gasteiger partial charge in [0.15, 0.2) is 0 Å². The second-order valence-electron chi connectivity index (χ2n) is 7.54. The first-order valence-electron chi connectivity index (χ1n) is 10.5. The largest absolute Gasteiger partial charge is 0.436 e. The number of aromatic amines is 1. The number of rotatable bonds is 7. The molecule has 0 spiro atoms. The fourth-order valence-corrected chi connectivity index (χ4v) is 3.52. The average Bonchev–Trinajstić information content (AvgIpc) is 3.38. The Kier molecular flexibility index (Phi) is 6.15. The summed E-state index contributed by atoms with van der Waals surface area (Å²) in [5.74, 6) is 1.27. The van der Waals surface area contributed by atoms with Gasteiger partial charge in [0.1, 0.15) is 12.0 Å². The van der Waals surface area contributed by atoms with Gasteiger partial charge in [-0.15, -0.1) is 0 Å². The number of anilines is 2. The number of hydrogen-bond donors (Lipinski definition) is 2. The standard InChI is InChI=1S/C25H18ClN5O4/c26-18-4-1-16(2-5-18)15-31-24(33)21(17-3-10-22(32)27-13-17)14-28-25(31)29-19-6-8-20(9-7-19)35-23-11-12-34-30-23/h1-14H,15H2,(H,27,32)(H,28,29). The van der Waals surface area contributed by atoms with E-state index in [1.54, 1.807) is 48.5 Å². The molecule has 2 N–H and O–H groups in total. The minimum atomic E-state index is -0.268. The Morgan fingerprint density at radius 1 is 1.00 bits per heavy atom. The first-order valence-corrected chi connectivity index (χ1v) is 10.9. The number of hydrogen-bond acceptors (Lipinski definition) is 7. The van der Waals surface area contributed by atoms with E-state index >= 15 is 0 Å². The fourth-order valence-electron chi connectivity index (χ4n) is 3.40. The summed E-state index contributed by atoms with van der Waals surface area (Å²) < 4.78 is 11.9. The van der Waals surface area contributed by atoms with Crippen LogP contribution in [0.15, 0.2) is 99.5 Å². The van der Waals surface area contributed by atoms with Crippen LogP contribution >= 0.6 is 11.6 Å². The lowest BCUT2D eigenvalue weighted by Gasteiger charge is -2.15. The molecule has 174 valence electrons.